The van der Waals surface area contributed by atoms with Crippen LogP contribution < -0.4 is 5.32 Å². The van der Waals surface area contributed by atoms with Crippen molar-refractivity contribution in [3.8, 4) is 0 Å². The fourth-order valence-electron chi connectivity index (χ4n) is 1.31. The van der Waals surface area contributed by atoms with Crippen LogP contribution in [-0.4, -0.2) is 15.2 Å². The SMILES string of the molecule is CC(Nc1cccnc1Br)c1ccn[nH]1. The number of aromatic amines is 1. The lowest BCUT2D eigenvalue weighted by Crippen LogP contribution is -2.07. The monoisotopic (exact) mass is 266 g/mol. The van der Waals surface area contributed by atoms with E-state index < -0.39 is 0 Å². The van der Waals surface area contributed by atoms with Crippen LogP contribution in [0.4, 0.5) is 5.69 Å². The summed E-state index contributed by atoms with van der Waals surface area (Å²) in [6.07, 6.45) is 3.49. The molecular formula is C10H11BrN4. The Hall–Kier alpha value is -1.36. The highest BCUT2D eigenvalue weighted by atomic mass is 79.9. The molecule has 2 rings (SSSR count). The fraction of sp³-hybridized carbons (Fsp3) is 0.200. The average Bonchev–Trinajstić information content (AvgIpc) is 2.74. The van der Waals surface area contributed by atoms with Crippen LogP contribution in [0.15, 0.2) is 35.2 Å². The van der Waals surface area contributed by atoms with E-state index in [1.807, 2.05) is 18.2 Å². The Balaban J connectivity index is 2.13. The van der Waals surface area contributed by atoms with E-state index in [0.717, 1.165) is 16.0 Å². The molecule has 0 saturated carbocycles. The number of nitrogens with one attached hydrogen (secondary N) is 2. The van der Waals surface area contributed by atoms with Gasteiger partial charge in [0, 0.05) is 12.4 Å². The molecule has 0 aliphatic heterocycles. The van der Waals surface area contributed by atoms with Gasteiger partial charge in [0.05, 0.1) is 17.4 Å². The first-order valence-electron chi connectivity index (χ1n) is 4.63. The van der Waals surface area contributed by atoms with E-state index in [4.69, 9.17) is 0 Å². The summed E-state index contributed by atoms with van der Waals surface area (Å²) in [5.74, 6) is 0. The predicted octanol–water partition coefficient (Wildman–Crippen LogP) is 2.74. The Bertz CT molecular complexity index is 427. The molecule has 5 heteroatoms. The van der Waals surface area contributed by atoms with E-state index in [1.165, 1.54) is 0 Å². The van der Waals surface area contributed by atoms with Gasteiger partial charge in [0.15, 0.2) is 0 Å². The quantitative estimate of drug-likeness (QED) is 0.841. The molecule has 0 aliphatic rings. The highest BCUT2D eigenvalue weighted by Gasteiger charge is 2.08. The molecule has 2 N–H and O–H groups in total. The van der Waals surface area contributed by atoms with Crippen LogP contribution in [0.3, 0.4) is 0 Å². The van der Waals surface area contributed by atoms with E-state index in [2.05, 4.69) is 43.4 Å². The predicted molar refractivity (Wildman–Crippen MR) is 62.6 cm³/mol. The Kier molecular flexibility index (Phi) is 3.01. The molecular weight excluding hydrogens is 256 g/mol. The number of halogens is 1. The lowest BCUT2D eigenvalue weighted by atomic mass is 10.2. The molecule has 0 aromatic carbocycles. The van der Waals surface area contributed by atoms with Crippen LogP contribution in [0.2, 0.25) is 0 Å². The molecule has 2 aromatic heterocycles. The van der Waals surface area contributed by atoms with Crippen LogP contribution in [0.5, 0.6) is 0 Å². The maximum Gasteiger partial charge on any atom is 0.129 e. The number of hydrogen-bond acceptors (Lipinski definition) is 3. The molecule has 0 aliphatic carbocycles. The van der Waals surface area contributed by atoms with Crippen LogP contribution >= 0.6 is 15.9 Å². The van der Waals surface area contributed by atoms with Crippen molar-refractivity contribution < 1.29 is 0 Å². The number of rotatable bonds is 3. The lowest BCUT2D eigenvalue weighted by Gasteiger charge is -2.13. The summed E-state index contributed by atoms with van der Waals surface area (Å²) in [6.45, 7) is 2.06. The van der Waals surface area contributed by atoms with Crippen LogP contribution in [0.25, 0.3) is 0 Å². The third kappa shape index (κ3) is 2.36. The van der Waals surface area contributed by atoms with Gasteiger partial charge in [-0.3, -0.25) is 5.10 Å². The second-order valence-corrected chi connectivity index (χ2v) is 3.97. The van der Waals surface area contributed by atoms with Gasteiger partial charge in [-0.1, -0.05) is 0 Å². The molecule has 1 atom stereocenters. The molecule has 1 unspecified atom stereocenters. The first-order chi connectivity index (χ1) is 7.27. The minimum atomic E-state index is 0.174. The Morgan fingerprint density at radius 1 is 1.40 bits per heavy atom. The molecule has 0 bridgehead atoms. The Labute approximate surface area is 96.3 Å². The van der Waals surface area contributed by atoms with Gasteiger partial charge in [0.25, 0.3) is 0 Å². The summed E-state index contributed by atoms with van der Waals surface area (Å²) in [7, 11) is 0. The van der Waals surface area contributed by atoms with E-state index in [1.54, 1.807) is 12.4 Å². The van der Waals surface area contributed by atoms with Crippen LogP contribution in [0.1, 0.15) is 18.7 Å². The van der Waals surface area contributed by atoms with Crippen molar-refractivity contribution in [2.45, 2.75) is 13.0 Å². The third-order valence-electron chi connectivity index (χ3n) is 2.12. The van der Waals surface area contributed by atoms with Crippen molar-refractivity contribution in [3.63, 3.8) is 0 Å². The summed E-state index contributed by atoms with van der Waals surface area (Å²) < 4.78 is 0.816. The largest absolute Gasteiger partial charge is 0.375 e. The van der Waals surface area contributed by atoms with Gasteiger partial charge in [-0.25, -0.2) is 4.98 Å². The van der Waals surface area contributed by atoms with Gasteiger partial charge < -0.3 is 5.32 Å². The van der Waals surface area contributed by atoms with Crippen molar-refractivity contribution in [2.75, 3.05) is 5.32 Å². The maximum absolute atomic E-state index is 4.14. The first kappa shape index (κ1) is 10.2. The smallest absolute Gasteiger partial charge is 0.129 e. The highest BCUT2D eigenvalue weighted by Crippen LogP contribution is 2.23. The zero-order chi connectivity index (χ0) is 10.7. The van der Waals surface area contributed by atoms with Crippen molar-refractivity contribution in [1.82, 2.24) is 15.2 Å². The normalized spacial score (nSPS) is 12.4. The molecule has 2 aromatic rings. The zero-order valence-corrected chi connectivity index (χ0v) is 9.82. The van der Waals surface area contributed by atoms with E-state index in [9.17, 15) is 0 Å². The fourth-order valence-corrected chi connectivity index (χ4v) is 1.68. The summed E-state index contributed by atoms with van der Waals surface area (Å²) in [6, 6.07) is 5.99. The molecule has 0 radical (unpaired) electrons. The second-order valence-electron chi connectivity index (χ2n) is 3.22. The second kappa shape index (κ2) is 4.44. The topological polar surface area (TPSA) is 53.6 Å². The molecule has 78 valence electrons. The third-order valence-corrected chi connectivity index (χ3v) is 2.75. The summed E-state index contributed by atoms with van der Waals surface area (Å²) in [5, 5.41) is 10.2. The highest BCUT2D eigenvalue weighted by molar-refractivity contribution is 9.10. The van der Waals surface area contributed by atoms with Crippen molar-refractivity contribution in [3.05, 3.63) is 40.9 Å². The van der Waals surface area contributed by atoms with Gasteiger partial charge in [-0.15, -0.1) is 0 Å². The maximum atomic E-state index is 4.14. The number of aromatic nitrogens is 3. The van der Waals surface area contributed by atoms with Crippen molar-refractivity contribution in [1.29, 1.82) is 0 Å². The first-order valence-corrected chi connectivity index (χ1v) is 5.43. The number of anilines is 1. The molecule has 0 fully saturated rings. The molecule has 2 heterocycles. The molecule has 4 nitrogen and oxygen atoms in total. The molecule has 0 saturated heterocycles. The minimum absolute atomic E-state index is 0.174. The summed E-state index contributed by atoms with van der Waals surface area (Å²) >= 11 is 3.39. The van der Waals surface area contributed by atoms with Crippen LogP contribution in [0, 0.1) is 0 Å². The summed E-state index contributed by atoms with van der Waals surface area (Å²) in [5.41, 5.74) is 2.02. The summed E-state index contributed by atoms with van der Waals surface area (Å²) in [4.78, 5) is 4.14. The molecule has 0 spiro atoms. The van der Waals surface area contributed by atoms with Crippen LogP contribution in [-0.2, 0) is 0 Å². The number of nitrogens with zero attached hydrogens (tertiary/aromatic N) is 2. The van der Waals surface area contributed by atoms with Gasteiger partial charge in [0.2, 0.25) is 0 Å². The Morgan fingerprint density at radius 3 is 2.93 bits per heavy atom. The number of H-pyrrole nitrogens is 1. The number of pyridine rings is 1. The standard InChI is InChI=1S/C10H11BrN4/c1-7(8-4-6-13-15-8)14-9-3-2-5-12-10(9)11/h2-7,14H,1H3,(H,13,15). The molecule has 0 amide bonds. The van der Waals surface area contributed by atoms with E-state index in [0.29, 0.717) is 0 Å². The Morgan fingerprint density at radius 2 is 2.27 bits per heavy atom. The number of hydrogen-bond donors (Lipinski definition) is 2. The zero-order valence-electron chi connectivity index (χ0n) is 8.24. The van der Waals surface area contributed by atoms with Gasteiger partial charge in [0.1, 0.15) is 4.60 Å². The van der Waals surface area contributed by atoms with E-state index in [-0.39, 0.29) is 6.04 Å². The minimum Gasteiger partial charge on any atom is -0.375 e. The van der Waals surface area contributed by atoms with Crippen molar-refractivity contribution >= 4 is 21.6 Å². The van der Waals surface area contributed by atoms with Gasteiger partial charge >= 0.3 is 0 Å². The van der Waals surface area contributed by atoms with Gasteiger partial charge in [-0.2, -0.15) is 5.10 Å². The lowest BCUT2D eigenvalue weighted by molar-refractivity contribution is 0.823. The van der Waals surface area contributed by atoms with E-state index >= 15 is 0 Å². The molecule has 15 heavy (non-hydrogen) atoms. The average molecular weight is 267 g/mol. The van der Waals surface area contributed by atoms with Gasteiger partial charge in [-0.05, 0) is 41.1 Å². The van der Waals surface area contributed by atoms with Crippen molar-refractivity contribution in [2.24, 2.45) is 0 Å².